The molecule has 7 nitrogen and oxygen atoms in total. The van der Waals surface area contributed by atoms with Gasteiger partial charge in [0, 0.05) is 25.5 Å². The van der Waals surface area contributed by atoms with Crippen molar-refractivity contribution < 1.29 is 4.42 Å². The number of hydrogen-bond acceptors (Lipinski definition) is 4. The van der Waals surface area contributed by atoms with Crippen molar-refractivity contribution in [2.75, 3.05) is 26.2 Å². The molecule has 3 rings (SSSR count). The van der Waals surface area contributed by atoms with E-state index in [2.05, 4.69) is 65.7 Å². The van der Waals surface area contributed by atoms with E-state index in [4.69, 9.17) is 9.41 Å². The van der Waals surface area contributed by atoms with Gasteiger partial charge in [0.15, 0.2) is 5.96 Å². The molecule has 0 amide bonds. The van der Waals surface area contributed by atoms with E-state index in [1.807, 2.05) is 29.1 Å². The van der Waals surface area contributed by atoms with Gasteiger partial charge < -0.3 is 15.1 Å². The molecule has 0 saturated carbocycles. The first-order chi connectivity index (χ1) is 15.2. The van der Waals surface area contributed by atoms with Crippen LogP contribution in [-0.4, -0.2) is 46.8 Å². The number of furan rings is 1. The van der Waals surface area contributed by atoms with Crippen LogP contribution in [0, 0.1) is 0 Å². The van der Waals surface area contributed by atoms with E-state index in [0.717, 1.165) is 44.4 Å². The van der Waals surface area contributed by atoms with E-state index in [1.54, 1.807) is 12.5 Å². The normalized spacial score (nSPS) is 12.8. The van der Waals surface area contributed by atoms with Crippen LogP contribution >= 0.6 is 0 Å². The van der Waals surface area contributed by atoms with Crippen molar-refractivity contribution in [3.05, 3.63) is 78.0 Å². The molecular formula is C24H34N6O. The van der Waals surface area contributed by atoms with Crippen molar-refractivity contribution in [1.29, 1.82) is 0 Å². The zero-order chi connectivity index (χ0) is 21.9. The minimum Gasteiger partial charge on any atom is -0.468 e. The second kappa shape index (κ2) is 12.0. The number of nitrogens with zero attached hydrogens (tertiary/aromatic N) is 4. The third-order valence-corrected chi connectivity index (χ3v) is 5.35. The predicted molar refractivity (Wildman–Crippen MR) is 125 cm³/mol. The average Bonchev–Trinajstić information content (AvgIpc) is 3.50. The SMILES string of the molecule is CCNC(=NCc1ccccc1Cn1cccn1)NCC(c1ccco1)N(CC)CC. The van der Waals surface area contributed by atoms with Crippen LogP contribution in [0.25, 0.3) is 0 Å². The Hall–Kier alpha value is -3.06. The summed E-state index contributed by atoms with van der Waals surface area (Å²) in [5.74, 6) is 1.77. The van der Waals surface area contributed by atoms with Gasteiger partial charge in [-0.3, -0.25) is 9.58 Å². The van der Waals surface area contributed by atoms with Crippen LogP contribution in [0.5, 0.6) is 0 Å². The fourth-order valence-corrected chi connectivity index (χ4v) is 3.69. The molecule has 0 spiro atoms. The van der Waals surface area contributed by atoms with E-state index in [0.29, 0.717) is 6.54 Å². The summed E-state index contributed by atoms with van der Waals surface area (Å²) in [7, 11) is 0. The van der Waals surface area contributed by atoms with Crippen molar-refractivity contribution >= 4 is 5.96 Å². The van der Waals surface area contributed by atoms with Gasteiger partial charge in [-0.15, -0.1) is 0 Å². The lowest BCUT2D eigenvalue weighted by molar-refractivity contribution is 0.193. The number of aliphatic imine (C=N–C) groups is 1. The Morgan fingerprint density at radius 3 is 2.52 bits per heavy atom. The molecule has 2 N–H and O–H groups in total. The number of benzene rings is 1. The van der Waals surface area contributed by atoms with E-state index in [9.17, 15) is 0 Å². The molecule has 0 aliphatic carbocycles. The monoisotopic (exact) mass is 422 g/mol. The number of rotatable bonds is 11. The summed E-state index contributed by atoms with van der Waals surface area (Å²) in [6.07, 6.45) is 5.52. The van der Waals surface area contributed by atoms with Crippen LogP contribution in [0.4, 0.5) is 0 Å². The summed E-state index contributed by atoms with van der Waals surface area (Å²) >= 11 is 0. The molecule has 1 unspecified atom stereocenters. The van der Waals surface area contributed by atoms with E-state index in [-0.39, 0.29) is 6.04 Å². The van der Waals surface area contributed by atoms with Gasteiger partial charge in [-0.2, -0.15) is 5.10 Å². The third kappa shape index (κ3) is 6.46. The molecule has 0 aliphatic heterocycles. The summed E-state index contributed by atoms with van der Waals surface area (Å²) in [6, 6.07) is 14.5. The first-order valence-corrected chi connectivity index (χ1v) is 11.1. The molecule has 7 heteroatoms. The highest BCUT2D eigenvalue weighted by molar-refractivity contribution is 5.79. The summed E-state index contributed by atoms with van der Waals surface area (Å²) in [5, 5.41) is 11.2. The second-order valence-electron chi connectivity index (χ2n) is 7.30. The molecule has 1 atom stereocenters. The maximum atomic E-state index is 5.72. The Morgan fingerprint density at radius 1 is 1.06 bits per heavy atom. The summed E-state index contributed by atoms with van der Waals surface area (Å²) in [5.41, 5.74) is 2.42. The average molecular weight is 423 g/mol. The Bertz CT molecular complexity index is 900. The van der Waals surface area contributed by atoms with Gasteiger partial charge in [0.05, 0.1) is 25.4 Å². The highest BCUT2D eigenvalue weighted by Crippen LogP contribution is 2.20. The molecule has 0 bridgehead atoms. The van der Waals surface area contributed by atoms with Crippen molar-refractivity contribution in [2.24, 2.45) is 4.99 Å². The van der Waals surface area contributed by atoms with Gasteiger partial charge in [-0.25, -0.2) is 4.99 Å². The molecule has 1 aromatic carbocycles. The van der Waals surface area contributed by atoms with Crippen LogP contribution < -0.4 is 10.6 Å². The number of hydrogen-bond donors (Lipinski definition) is 2. The number of aromatic nitrogens is 2. The Morgan fingerprint density at radius 2 is 1.87 bits per heavy atom. The Kier molecular flexibility index (Phi) is 8.72. The standard InChI is InChI=1S/C24H34N6O/c1-4-25-24(27-18-22(29(5-2)6-3)23-13-9-16-31-23)26-17-20-11-7-8-12-21(20)19-30-15-10-14-28-30/h7-16,22H,4-6,17-19H2,1-3H3,(H2,25,26,27). The molecule has 0 saturated heterocycles. The molecule has 166 valence electrons. The van der Waals surface area contributed by atoms with Gasteiger partial charge in [0.1, 0.15) is 5.76 Å². The highest BCUT2D eigenvalue weighted by Gasteiger charge is 2.20. The van der Waals surface area contributed by atoms with Crippen LogP contribution in [0.15, 0.2) is 70.5 Å². The van der Waals surface area contributed by atoms with Crippen LogP contribution in [0.3, 0.4) is 0 Å². The lowest BCUT2D eigenvalue weighted by atomic mass is 10.1. The first-order valence-electron chi connectivity index (χ1n) is 11.1. The van der Waals surface area contributed by atoms with Gasteiger partial charge in [0.2, 0.25) is 0 Å². The summed E-state index contributed by atoms with van der Waals surface area (Å²) in [6.45, 7) is 11.2. The Labute approximate surface area is 185 Å². The van der Waals surface area contributed by atoms with E-state index < -0.39 is 0 Å². The number of nitrogens with one attached hydrogen (secondary N) is 2. The zero-order valence-electron chi connectivity index (χ0n) is 18.8. The van der Waals surface area contributed by atoms with Gasteiger partial charge >= 0.3 is 0 Å². The summed E-state index contributed by atoms with van der Waals surface area (Å²) in [4.78, 5) is 7.24. The maximum Gasteiger partial charge on any atom is 0.191 e. The maximum absolute atomic E-state index is 5.72. The second-order valence-corrected chi connectivity index (χ2v) is 7.30. The van der Waals surface area contributed by atoms with E-state index >= 15 is 0 Å². The molecule has 0 aliphatic rings. The van der Waals surface area contributed by atoms with E-state index in [1.165, 1.54) is 11.1 Å². The smallest absolute Gasteiger partial charge is 0.191 e. The molecule has 3 aromatic rings. The third-order valence-electron chi connectivity index (χ3n) is 5.35. The fraction of sp³-hybridized carbons (Fsp3) is 0.417. The predicted octanol–water partition coefficient (Wildman–Crippen LogP) is 3.66. The van der Waals surface area contributed by atoms with Crippen molar-refractivity contribution in [1.82, 2.24) is 25.3 Å². The largest absolute Gasteiger partial charge is 0.468 e. The molecule has 0 radical (unpaired) electrons. The highest BCUT2D eigenvalue weighted by atomic mass is 16.3. The van der Waals surface area contributed by atoms with Crippen molar-refractivity contribution in [2.45, 2.75) is 39.9 Å². The molecular weight excluding hydrogens is 388 g/mol. The molecule has 31 heavy (non-hydrogen) atoms. The number of guanidine groups is 1. The fourth-order valence-electron chi connectivity index (χ4n) is 3.69. The van der Waals surface area contributed by atoms with Gasteiger partial charge in [-0.1, -0.05) is 38.1 Å². The van der Waals surface area contributed by atoms with Crippen LogP contribution in [0.2, 0.25) is 0 Å². The topological polar surface area (TPSA) is 70.6 Å². The molecule has 2 heterocycles. The van der Waals surface area contributed by atoms with Gasteiger partial charge in [0.25, 0.3) is 0 Å². The summed E-state index contributed by atoms with van der Waals surface area (Å²) < 4.78 is 7.65. The van der Waals surface area contributed by atoms with Crippen molar-refractivity contribution in [3.63, 3.8) is 0 Å². The van der Waals surface area contributed by atoms with Gasteiger partial charge in [-0.05, 0) is 49.3 Å². The minimum absolute atomic E-state index is 0.154. The minimum atomic E-state index is 0.154. The quantitative estimate of drug-likeness (QED) is 0.365. The molecule has 0 fully saturated rings. The first kappa shape index (κ1) is 22.6. The number of likely N-dealkylation sites (N-methyl/N-ethyl adjacent to an activating group) is 1. The molecule has 2 aromatic heterocycles. The van der Waals surface area contributed by atoms with Crippen LogP contribution in [-0.2, 0) is 13.1 Å². The Balaban J connectivity index is 1.70. The zero-order valence-corrected chi connectivity index (χ0v) is 18.8. The lowest BCUT2D eigenvalue weighted by Crippen LogP contribution is -2.43. The lowest BCUT2D eigenvalue weighted by Gasteiger charge is -2.28. The van der Waals surface area contributed by atoms with Crippen LogP contribution in [0.1, 0.15) is 43.7 Å². The van der Waals surface area contributed by atoms with Crippen molar-refractivity contribution in [3.8, 4) is 0 Å².